The van der Waals surface area contributed by atoms with Crippen molar-refractivity contribution in [2.75, 3.05) is 29.4 Å². The molecule has 1 aromatic heterocycles. The molecular formula is C47H56BN9. The van der Waals surface area contributed by atoms with Crippen LogP contribution < -0.4 is 25.8 Å². The van der Waals surface area contributed by atoms with Crippen LogP contribution in [0, 0.1) is 5.92 Å². The summed E-state index contributed by atoms with van der Waals surface area (Å²) >= 11 is 0. The van der Waals surface area contributed by atoms with Crippen LogP contribution in [0.2, 0.25) is 17.5 Å². The first kappa shape index (κ1) is 33.0. The summed E-state index contributed by atoms with van der Waals surface area (Å²) in [6, 6.07) is 29.4. The van der Waals surface area contributed by atoms with Gasteiger partial charge in [0.05, 0.1) is 30.2 Å². The van der Waals surface area contributed by atoms with Crippen LogP contribution in [-0.2, 0) is 0 Å². The topological polar surface area (TPSA) is 74.8 Å². The molecule has 3 N–H and O–H groups in total. The molecule has 2 saturated carbocycles. The molecule has 10 heteroatoms. The van der Waals surface area contributed by atoms with Crippen LogP contribution in [0.5, 0.6) is 0 Å². The van der Waals surface area contributed by atoms with Gasteiger partial charge in [-0.3, -0.25) is 0 Å². The first-order valence-corrected chi connectivity index (χ1v) is 23.1. The summed E-state index contributed by atoms with van der Waals surface area (Å²) in [5, 5.41) is 12.6. The summed E-state index contributed by atoms with van der Waals surface area (Å²) in [4.78, 5) is 22.2. The Morgan fingerprint density at radius 1 is 0.544 bits per heavy atom. The lowest BCUT2D eigenvalue weighted by Gasteiger charge is -2.68. The van der Waals surface area contributed by atoms with E-state index in [-0.39, 0.29) is 0 Å². The van der Waals surface area contributed by atoms with Gasteiger partial charge in [-0.15, -0.1) is 0 Å². The maximum Gasteiger partial charge on any atom is 0.159 e. The van der Waals surface area contributed by atoms with Gasteiger partial charge < -0.3 is 35.6 Å². The molecule has 2 aromatic carbocycles. The van der Waals surface area contributed by atoms with Gasteiger partial charge in [-0.1, -0.05) is 49.2 Å². The average molecular weight is 758 g/mol. The Balaban J connectivity index is 0.975. The van der Waals surface area contributed by atoms with Crippen molar-refractivity contribution in [3.05, 3.63) is 108 Å². The van der Waals surface area contributed by atoms with E-state index in [1.165, 1.54) is 62.7 Å². The molecule has 14 atom stereocenters. The molecule has 5 saturated heterocycles. The second-order valence-corrected chi connectivity index (χ2v) is 19.7. The lowest BCUT2D eigenvalue weighted by molar-refractivity contribution is 0.0132. The maximum atomic E-state index is 5.08. The second kappa shape index (κ2) is 12.3. The highest BCUT2D eigenvalue weighted by atomic mass is 15.5. The fraction of sp³-hybridized carbons (Fsp3) is 0.574. The molecular weight excluding hydrogens is 701 g/mol. The summed E-state index contributed by atoms with van der Waals surface area (Å²) < 4.78 is 0. The number of nitrogens with one attached hydrogen (secondary N) is 3. The summed E-state index contributed by atoms with van der Waals surface area (Å²) in [5.41, 5.74) is 6.26. The summed E-state index contributed by atoms with van der Waals surface area (Å²) in [6.07, 6.45) is 16.8. The van der Waals surface area contributed by atoms with Crippen molar-refractivity contribution in [2.45, 2.75) is 142 Å². The minimum absolute atomic E-state index is 0.330. The van der Waals surface area contributed by atoms with E-state index in [1.807, 2.05) is 18.5 Å². The number of hydrogen-bond donors (Lipinski definition) is 3. The van der Waals surface area contributed by atoms with E-state index in [9.17, 15) is 0 Å². The van der Waals surface area contributed by atoms with Crippen molar-refractivity contribution in [3.63, 3.8) is 0 Å². The van der Waals surface area contributed by atoms with Gasteiger partial charge in [0.25, 0.3) is 0 Å². The molecule has 0 spiro atoms. The minimum Gasteiger partial charge on any atom is -0.352 e. The zero-order chi connectivity index (χ0) is 36.9. The van der Waals surface area contributed by atoms with Crippen molar-refractivity contribution < 1.29 is 0 Å². The number of hydrogen-bond acceptors (Lipinski definition) is 9. The monoisotopic (exact) mass is 757 g/mol. The van der Waals surface area contributed by atoms with E-state index < -0.39 is 0 Å². The number of aromatic nitrogens is 2. The van der Waals surface area contributed by atoms with Gasteiger partial charge >= 0.3 is 0 Å². The molecule has 0 bridgehead atoms. The Bertz CT molecular complexity index is 2000. The maximum absolute atomic E-state index is 5.08. The first-order chi connectivity index (χ1) is 28.3. The summed E-state index contributed by atoms with van der Waals surface area (Å²) in [7, 11) is 0. The van der Waals surface area contributed by atoms with E-state index in [2.05, 4.69) is 96.2 Å². The lowest BCUT2D eigenvalue weighted by Crippen LogP contribution is -2.74. The van der Waals surface area contributed by atoms with Crippen LogP contribution in [-0.4, -0.2) is 100 Å². The van der Waals surface area contributed by atoms with Crippen molar-refractivity contribution in [1.29, 1.82) is 0 Å². The van der Waals surface area contributed by atoms with Gasteiger partial charge in [0.15, 0.2) is 6.71 Å². The van der Waals surface area contributed by atoms with Crippen LogP contribution in [0.1, 0.15) is 76.0 Å². The molecule has 10 heterocycles. The van der Waals surface area contributed by atoms with E-state index >= 15 is 0 Å². The number of piperidine rings is 3. The summed E-state index contributed by atoms with van der Waals surface area (Å²) in [6.45, 7) is 4.17. The van der Waals surface area contributed by atoms with Gasteiger partial charge in [-0.2, -0.15) is 0 Å². The van der Waals surface area contributed by atoms with Gasteiger partial charge in [0, 0.05) is 65.3 Å². The van der Waals surface area contributed by atoms with Crippen LogP contribution in [0.25, 0.3) is 0 Å². The number of rotatable bonds is 3. The molecule has 7 fully saturated rings. The fourth-order valence-electron chi connectivity index (χ4n) is 16.3. The zero-order valence-electron chi connectivity index (χ0n) is 33.0. The highest BCUT2D eigenvalue weighted by Gasteiger charge is 2.72. The third-order valence-electron chi connectivity index (χ3n) is 17.7. The molecule has 9 nitrogen and oxygen atoms in total. The molecule has 57 heavy (non-hydrogen) atoms. The number of fused-ring (bicyclic) bond motifs is 12. The standard InChI is InChI=1S/C47H56BN9/c1-3-11-28(12-4-1)54-33-17-8-20-49-40(33)37-30-15-7-16-31-43(30)56(46(37)54)35-25-27(45-52-22-10-23-53-45)26-36-39(35)48(31)32-19-24-51-42-38-41-34(18-9-21-50-41)55(29-13-5-2-6-14-29)47(38)57(36)44(32)42/h1-6,10-14,22-23,27,30-36,39-44,49-51H,7-9,15-21,24-26H2. The van der Waals surface area contributed by atoms with Gasteiger partial charge in [0.2, 0.25) is 0 Å². The van der Waals surface area contributed by atoms with Crippen LogP contribution in [0.3, 0.4) is 0 Å². The number of nitrogens with zero attached hydrogens (tertiary/aromatic N) is 6. The normalized spacial score (nSPS) is 42.0. The highest BCUT2D eigenvalue weighted by molar-refractivity contribution is 6.65. The largest absolute Gasteiger partial charge is 0.352 e. The number of benzene rings is 2. The number of para-hydroxylation sites is 2. The minimum atomic E-state index is 0.330. The predicted octanol–water partition coefficient (Wildman–Crippen LogP) is 5.96. The van der Waals surface area contributed by atoms with Gasteiger partial charge in [-0.25, -0.2) is 9.97 Å². The predicted molar refractivity (Wildman–Crippen MR) is 225 cm³/mol. The molecule has 2 aliphatic carbocycles. The van der Waals surface area contributed by atoms with Crippen molar-refractivity contribution in [1.82, 2.24) is 35.7 Å². The highest BCUT2D eigenvalue weighted by Crippen LogP contribution is 2.69. The SMILES string of the molecule is c1ccc(N2C3=C(C4CCCC5B6C7CCNC8C9=C(N(c%10ccccc%10)C%10CCCNC9%10)N(C9CC(c%10ncccn%10)CC(C69)N3C54)C78)C3NCCCC32)cc1. The zero-order valence-corrected chi connectivity index (χ0v) is 33.0. The molecule has 3 aromatic rings. The van der Waals surface area contributed by atoms with Crippen molar-refractivity contribution in [2.24, 2.45) is 5.92 Å². The van der Waals surface area contributed by atoms with Gasteiger partial charge in [-0.05, 0) is 124 Å². The number of anilines is 2. The van der Waals surface area contributed by atoms with Crippen molar-refractivity contribution in [3.8, 4) is 0 Å². The van der Waals surface area contributed by atoms with E-state index in [0.717, 1.165) is 50.8 Å². The third-order valence-corrected chi connectivity index (χ3v) is 17.7. The van der Waals surface area contributed by atoms with E-state index in [4.69, 9.17) is 9.97 Å². The smallest absolute Gasteiger partial charge is 0.159 e. The average Bonchev–Trinajstić information content (AvgIpc) is 4.00. The third kappa shape index (κ3) is 4.32. The van der Waals surface area contributed by atoms with Crippen LogP contribution >= 0.6 is 0 Å². The van der Waals surface area contributed by atoms with E-state index in [1.54, 1.807) is 22.8 Å². The van der Waals surface area contributed by atoms with Crippen LogP contribution in [0.15, 0.2) is 102 Å². The van der Waals surface area contributed by atoms with Gasteiger partial charge in [0.1, 0.15) is 17.5 Å². The molecule has 14 unspecified atom stereocenters. The Hall–Kier alpha value is -3.86. The Kier molecular flexibility index (Phi) is 7.15. The van der Waals surface area contributed by atoms with Crippen molar-refractivity contribution >= 4 is 18.1 Å². The molecule has 11 aliphatic rings. The second-order valence-electron chi connectivity index (χ2n) is 19.7. The molecule has 9 aliphatic heterocycles. The Morgan fingerprint density at radius 2 is 1.14 bits per heavy atom. The quantitative estimate of drug-likeness (QED) is 0.281. The van der Waals surface area contributed by atoms with Crippen LogP contribution in [0.4, 0.5) is 11.4 Å². The lowest BCUT2D eigenvalue weighted by atomic mass is 9.18. The Labute approximate surface area is 337 Å². The molecule has 0 radical (unpaired) electrons. The summed E-state index contributed by atoms with van der Waals surface area (Å²) in [5.74, 6) is 7.32. The molecule has 292 valence electrons. The molecule has 14 rings (SSSR count). The molecule has 0 amide bonds. The first-order valence-electron chi connectivity index (χ1n) is 23.1. The van der Waals surface area contributed by atoms with E-state index in [0.29, 0.717) is 77.8 Å². The fourth-order valence-corrected chi connectivity index (χ4v) is 16.3. The Morgan fingerprint density at radius 3 is 1.82 bits per heavy atom.